The molecular weight excluding hydrogens is 339 g/mol. The smallest absolute Gasteiger partial charge is 0.247 e. The van der Waals surface area contributed by atoms with Crippen LogP contribution in [-0.2, 0) is 0 Å². The maximum absolute atomic E-state index is 9.26. The molecule has 23 heavy (non-hydrogen) atoms. The molecule has 1 fully saturated rings. The summed E-state index contributed by atoms with van der Waals surface area (Å²) in [5, 5.41) is 21.6. The van der Waals surface area contributed by atoms with E-state index in [1.54, 1.807) is 18.2 Å². The second-order valence-corrected chi connectivity index (χ2v) is 6.01. The zero-order valence-corrected chi connectivity index (χ0v) is 13.7. The van der Waals surface area contributed by atoms with E-state index in [4.69, 9.17) is 28.9 Å². The molecule has 122 valence electrons. The third kappa shape index (κ3) is 3.32. The summed E-state index contributed by atoms with van der Waals surface area (Å²) in [4.78, 5) is 6.27. The molecule has 1 aromatic carbocycles. The van der Waals surface area contributed by atoms with Crippen molar-refractivity contribution in [3.8, 4) is 11.3 Å². The fourth-order valence-corrected chi connectivity index (χ4v) is 2.86. The maximum atomic E-state index is 9.26. The van der Waals surface area contributed by atoms with Crippen LogP contribution in [0.25, 0.3) is 11.3 Å². The van der Waals surface area contributed by atoms with Gasteiger partial charge in [0.15, 0.2) is 5.82 Å². The zero-order valence-electron chi connectivity index (χ0n) is 12.2. The molecule has 4 N–H and O–H groups in total. The molecule has 1 saturated heterocycles. The molecule has 0 spiro atoms. The predicted octanol–water partition coefficient (Wildman–Crippen LogP) is 1.20. The SMILES string of the molecule is Nc1nc(N2CCNC(CO)C2)nnc1-c1cccc(Cl)c1Cl. The van der Waals surface area contributed by atoms with Crippen molar-refractivity contribution >= 4 is 35.0 Å². The number of nitrogens with two attached hydrogens (primary N) is 1. The van der Waals surface area contributed by atoms with Gasteiger partial charge in [-0.15, -0.1) is 10.2 Å². The molecule has 1 unspecified atom stereocenters. The molecule has 9 heteroatoms. The highest BCUT2D eigenvalue weighted by Gasteiger charge is 2.22. The van der Waals surface area contributed by atoms with E-state index >= 15 is 0 Å². The molecule has 2 heterocycles. The van der Waals surface area contributed by atoms with E-state index in [9.17, 15) is 5.11 Å². The first kappa shape index (κ1) is 16.2. The highest BCUT2D eigenvalue weighted by Crippen LogP contribution is 2.34. The molecular formula is C14H16Cl2N6O. The van der Waals surface area contributed by atoms with E-state index in [1.807, 2.05) is 4.90 Å². The Morgan fingerprint density at radius 3 is 2.91 bits per heavy atom. The summed E-state index contributed by atoms with van der Waals surface area (Å²) in [6.45, 7) is 2.09. The molecule has 3 rings (SSSR count). The monoisotopic (exact) mass is 354 g/mol. The number of anilines is 2. The van der Waals surface area contributed by atoms with Gasteiger partial charge in [0.1, 0.15) is 5.69 Å². The van der Waals surface area contributed by atoms with Crippen molar-refractivity contribution in [3.05, 3.63) is 28.2 Å². The molecule has 1 atom stereocenters. The van der Waals surface area contributed by atoms with Crippen molar-refractivity contribution < 1.29 is 5.11 Å². The van der Waals surface area contributed by atoms with E-state index in [0.29, 0.717) is 33.8 Å². The quantitative estimate of drug-likeness (QED) is 0.761. The normalized spacial score (nSPS) is 18.2. The number of nitrogen functional groups attached to an aromatic ring is 1. The van der Waals surface area contributed by atoms with Gasteiger partial charge in [0.2, 0.25) is 5.95 Å². The Balaban J connectivity index is 1.90. The molecule has 1 aliphatic rings. The van der Waals surface area contributed by atoms with Crippen molar-refractivity contribution in [1.29, 1.82) is 0 Å². The number of nitrogens with one attached hydrogen (secondary N) is 1. The van der Waals surface area contributed by atoms with Gasteiger partial charge in [-0.1, -0.05) is 35.3 Å². The first-order valence-corrected chi connectivity index (χ1v) is 7.89. The number of aliphatic hydroxyl groups excluding tert-OH is 1. The average Bonchev–Trinajstić information content (AvgIpc) is 2.58. The van der Waals surface area contributed by atoms with Gasteiger partial charge in [0, 0.05) is 31.2 Å². The molecule has 1 aliphatic heterocycles. The maximum Gasteiger partial charge on any atom is 0.247 e. The average molecular weight is 355 g/mol. The fraction of sp³-hybridized carbons (Fsp3) is 0.357. The van der Waals surface area contributed by atoms with Gasteiger partial charge in [-0.05, 0) is 6.07 Å². The van der Waals surface area contributed by atoms with Crippen LogP contribution >= 0.6 is 23.2 Å². The Hall–Kier alpha value is -1.67. The predicted molar refractivity (Wildman–Crippen MR) is 90.8 cm³/mol. The van der Waals surface area contributed by atoms with E-state index in [-0.39, 0.29) is 18.5 Å². The lowest BCUT2D eigenvalue weighted by molar-refractivity contribution is 0.235. The van der Waals surface area contributed by atoms with Crippen molar-refractivity contribution in [2.45, 2.75) is 6.04 Å². The highest BCUT2D eigenvalue weighted by molar-refractivity contribution is 6.43. The Bertz CT molecular complexity index is 714. The summed E-state index contributed by atoms with van der Waals surface area (Å²) in [6.07, 6.45) is 0. The number of nitrogens with zero attached hydrogens (tertiary/aromatic N) is 4. The number of aromatic nitrogens is 3. The summed E-state index contributed by atoms with van der Waals surface area (Å²) in [7, 11) is 0. The lowest BCUT2D eigenvalue weighted by atomic mass is 10.1. The van der Waals surface area contributed by atoms with Crippen LogP contribution < -0.4 is 16.0 Å². The molecule has 1 aromatic heterocycles. The highest BCUT2D eigenvalue weighted by atomic mass is 35.5. The van der Waals surface area contributed by atoms with Crippen LogP contribution in [0.1, 0.15) is 0 Å². The minimum Gasteiger partial charge on any atom is -0.395 e. The molecule has 0 amide bonds. The largest absolute Gasteiger partial charge is 0.395 e. The second kappa shape index (κ2) is 6.84. The summed E-state index contributed by atoms with van der Waals surface area (Å²) in [6, 6.07) is 5.20. The van der Waals surface area contributed by atoms with E-state index < -0.39 is 0 Å². The van der Waals surface area contributed by atoms with Crippen LogP contribution in [0.15, 0.2) is 18.2 Å². The molecule has 0 bridgehead atoms. The minimum atomic E-state index is -0.0179. The summed E-state index contributed by atoms with van der Waals surface area (Å²) in [5.41, 5.74) is 7.03. The van der Waals surface area contributed by atoms with E-state index in [2.05, 4.69) is 20.5 Å². The Labute approximate surface area is 143 Å². The zero-order chi connectivity index (χ0) is 16.4. The van der Waals surface area contributed by atoms with Crippen molar-refractivity contribution in [1.82, 2.24) is 20.5 Å². The second-order valence-electron chi connectivity index (χ2n) is 5.23. The number of benzene rings is 1. The first-order valence-electron chi connectivity index (χ1n) is 7.14. The lowest BCUT2D eigenvalue weighted by Gasteiger charge is -2.32. The Morgan fingerprint density at radius 1 is 1.35 bits per heavy atom. The van der Waals surface area contributed by atoms with Gasteiger partial charge in [0.05, 0.1) is 16.7 Å². The van der Waals surface area contributed by atoms with Crippen molar-refractivity contribution in [2.24, 2.45) is 0 Å². The number of halogens is 2. The van der Waals surface area contributed by atoms with Gasteiger partial charge >= 0.3 is 0 Å². The fourth-order valence-electron chi connectivity index (χ4n) is 2.47. The third-order valence-electron chi connectivity index (χ3n) is 3.67. The Kier molecular flexibility index (Phi) is 4.82. The number of piperazine rings is 1. The molecule has 0 aliphatic carbocycles. The lowest BCUT2D eigenvalue weighted by Crippen LogP contribution is -2.52. The van der Waals surface area contributed by atoms with Crippen LogP contribution in [0.5, 0.6) is 0 Å². The van der Waals surface area contributed by atoms with Gasteiger partial charge in [0.25, 0.3) is 0 Å². The van der Waals surface area contributed by atoms with Crippen molar-refractivity contribution in [2.75, 3.05) is 36.9 Å². The summed E-state index contributed by atoms with van der Waals surface area (Å²) < 4.78 is 0. The van der Waals surface area contributed by atoms with Crippen LogP contribution in [-0.4, -0.2) is 52.6 Å². The standard InChI is InChI=1S/C14H16Cl2N6O/c15-10-3-1-2-9(11(10)16)12-13(17)19-14(21-20-12)22-5-4-18-8(6-22)7-23/h1-3,8,18,23H,4-7H2,(H2,17,19,21). The number of aliphatic hydroxyl groups is 1. The molecule has 7 nitrogen and oxygen atoms in total. The van der Waals surface area contributed by atoms with Gasteiger partial charge < -0.3 is 21.1 Å². The van der Waals surface area contributed by atoms with Crippen LogP contribution in [0.2, 0.25) is 10.0 Å². The first-order chi connectivity index (χ1) is 11.1. The van der Waals surface area contributed by atoms with Crippen molar-refractivity contribution in [3.63, 3.8) is 0 Å². The van der Waals surface area contributed by atoms with E-state index in [1.165, 1.54) is 0 Å². The van der Waals surface area contributed by atoms with Gasteiger partial charge in [-0.2, -0.15) is 4.98 Å². The molecule has 0 radical (unpaired) electrons. The Morgan fingerprint density at radius 2 is 2.17 bits per heavy atom. The number of hydrogen-bond donors (Lipinski definition) is 3. The van der Waals surface area contributed by atoms with Crippen LogP contribution in [0.4, 0.5) is 11.8 Å². The third-order valence-corrected chi connectivity index (χ3v) is 4.49. The number of rotatable bonds is 3. The summed E-state index contributed by atoms with van der Waals surface area (Å²) in [5.74, 6) is 0.669. The number of hydrogen-bond acceptors (Lipinski definition) is 7. The topological polar surface area (TPSA) is 100 Å². The summed E-state index contributed by atoms with van der Waals surface area (Å²) >= 11 is 12.2. The van der Waals surface area contributed by atoms with Gasteiger partial charge in [-0.25, -0.2) is 0 Å². The molecule has 2 aromatic rings. The molecule has 0 saturated carbocycles. The minimum absolute atomic E-state index is 0.0179. The van der Waals surface area contributed by atoms with Gasteiger partial charge in [-0.3, -0.25) is 0 Å². The van der Waals surface area contributed by atoms with Crippen LogP contribution in [0, 0.1) is 0 Å². The van der Waals surface area contributed by atoms with E-state index in [0.717, 1.165) is 13.1 Å². The van der Waals surface area contributed by atoms with Crippen LogP contribution in [0.3, 0.4) is 0 Å².